The summed E-state index contributed by atoms with van der Waals surface area (Å²) in [6, 6.07) is 5.92. The molecular formula is C17H25N3O4. The smallest absolute Gasteiger partial charge is 0.317 e. The second-order valence-corrected chi connectivity index (χ2v) is 5.90. The average Bonchev–Trinajstić information content (AvgIpc) is 3.11. The fraction of sp³-hybridized carbons (Fsp3) is 0.529. The zero-order valence-electron chi connectivity index (χ0n) is 13.9. The Balaban J connectivity index is 1.85. The van der Waals surface area contributed by atoms with E-state index in [1.807, 2.05) is 0 Å². The topological polar surface area (TPSA) is 93.1 Å². The number of likely N-dealkylation sites (N-methyl/N-ethyl adjacent to an activating group) is 1. The molecule has 3 N–H and O–H groups in total. The van der Waals surface area contributed by atoms with Crippen molar-refractivity contribution in [3.63, 3.8) is 0 Å². The Hall–Kier alpha value is -2.28. The third-order valence-corrected chi connectivity index (χ3v) is 4.17. The van der Waals surface area contributed by atoms with Crippen LogP contribution in [0.3, 0.4) is 0 Å². The fourth-order valence-corrected chi connectivity index (χ4v) is 2.74. The highest BCUT2D eigenvalue weighted by molar-refractivity contribution is 5.84. The van der Waals surface area contributed by atoms with E-state index in [0.29, 0.717) is 12.1 Å². The SMILES string of the molecule is CCN(C[C@H](O)c1cccc(O)c1)C(=O)NCC(=O)N1CCCC1. The van der Waals surface area contributed by atoms with Gasteiger partial charge in [-0.05, 0) is 37.5 Å². The second-order valence-electron chi connectivity index (χ2n) is 5.90. The maximum Gasteiger partial charge on any atom is 0.317 e. The van der Waals surface area contributed by atoms with Crippen LogP contribution < -0.4 is 5.32 Å². The normalized spacial score (nSPS) is 15.2. The molecule has 0 spiro atoms. The van der Waals surface area contributed by atoms with Crippen LogP contribution in [0.1, 0.15) is 31.4 Å². The van der Waals surface area contributed by atoms with Gasteiger partial charge in [-0.2, -0.15) is 0 Å². The van der Waals surface area contributed by atoms with Gasteiger partial charge in [-0.15, -0.1) is 0 Å². The number of benzene rings is 1. The van der Waals surface area contributed by atoms with Gasteiger partial charge in [0.15, 0.2) is 0 Å². The molecule has 1 saturated heterocycles. The first-order valence-electron chi connectivity index (χ1n) is 8.28. The summed E-state index contributed by atoms with van der Waals surface area (Å²) in [7, 11) is 0. The van der Waals surface area contributed by atoms with E-state index in [0.717, 1.165) is 25.9 Å². The van der Waals surface area contributed by atoms with Crippen LogP contribution in [0, 0.1) is 0 Å². The van der Waals surface area contributed by atoms with Gasteiger partial charge in [0.2, 0.25) is 5.91 Å². The summed E-state index contributed by atoms with van der Waals surface area (Å²) in [5, 5.41) is 22.3. The van der Waals surface area contributed by atoms with Gasteiger partial charge in [0, 0.05) is 19.6 Å². The molecule has 132 valence electrons. The van der Waals surface area contributed by atoms with E-state index in [2.05, 4.69) is 5.32 Å². The van der Waals surface area contributed by atoms with Gasteiger partial charge >= 0.3 is 6.03 Å². The molecular weight excluding hydrogens is 310 g/mol. The average molecular weight is 335 g/mol. The number of phenols is 1. The minimum atomic E-state index is -0.905. The molecule has 1 atom stereocenters. The number of rotatable bonds is 6. The molecule has 0 saturated carbocycles. The zero-order chi connectivity index (χ0) is 17.5. The van der Waals surface area contributed by atoms with Crippen molar-refractivity contribution in [2.45, 2.75) is 25.9 Å². The largest absolute Gasteiger partial charge is 0.508 e. The van der Waals surface area contributed by atoms with Crippen LogP contribution in [-0.2, 0) is 4.79 Å². The first-order chi connectivity index (χ1) is 11.5. The molecule has 0 radical (unpaired) electrons. The van der Waals surface area contributed by atoms with Crippen LogP contribution in [0.25, 0.3) is 0 Å². The lowest BCUT2D eigenvalue weighted by Crippen LogP contribution is -2.46. The molecule has 1 aromatic rings. The Kier molecular flexibility index (Phi) is 6.43. The molecule has 0 aromatic heterocycles. The molecule has 2 rings (SSSR count). The van der Waals surface area contributed by atoms with Crippen molar-refractivity contribution in [1.29, 1.82) is 0 Å². The van der Waals surface area contributed by atoms with Crippen molar-refractivity contribution in [3.05, 3.63) is 29.8 Å². The van der Waals surface area contributed by atoms with Crippen molar-refractivity contribution in [2.24, 2.45) is 0 Å². The number of nitrogens with zero attached hydrogens (tertiary/aromatic N) is 2. The molecule has 1 heterocycles. The van der Waals surface area contributed by atoms with Gasteiger partial charge in [-0.25, -0.2) is 4.79 Å². The number of likely N-dealkylation sites (tertiary alicyclic amines) is 1. The fourth-order valence-electron chi connectivity index (χ4n) is 2.74. The van der Waals surface area contributed by atoms with E-state index >= 15 is 0 Å². The van der Waals surface area contributed by atoms with Gasteiger partial charge in [0.1, 0.15) is 5.75 Å². The zero-order valence-corrected chi connectivity index (χ0v) is 13.9. The summed E-state index contributed by atoms with van der Waals surface area (Å²) in [6.07, 6.45) is 1.12. The summed E-state index contributed by atoms with van der Waals surface area (Å²) >= 11 is 0. The number of aliphatic hydroxyl groups excluding tert-OH is 1. The monoisotopic (exact) mass is 335 g/mol. The molecule has 0 unspecified atom stereocenters. The molecule has 3 amide bonds. The number of nitrogens with one attached hydrogen (secondary N) is 1. The number of hydrogen-bond acceptors (Lipinski definition) is 4. The third kappa shape index (κ3) is 4.86. The van der Waals surface area contributed by atoms with Crippen molar-refractivity contribution >= 4 is 11.9 Å². The number of urea groups is 1. The molecule has 0 aliphatic carbocycles. The Morgan fingerprint density at radius 2 is 2.04 bits per heavy atom. The molecule has 1 aliphatic rings. The molecule has 0 bridgehead atoms. The highest BCUT2D eigenvalue weighted by atomic mass is 16.3. The van der Waals surface area contributed by atoms with Crippen molar-refractivity contribution in [1.82, 2.24) is 15.1 Å². The van der Waals surface area contributed by atoms with Crippen molar-refractivity contribution in [2.75, 3.05) is 32.7 Å². The predicted molar refractivity (Wildman–Crippen MR) is 89.5 cm³/mol. The number of carbonyl (C=O) groups excluding carboxylic acids is 2. The van der Waals surface area contributed by atoms with Gasteiger partial charge in [-0.1, -0.05) is 12.1 Å². The lowest BCUT2D eigenvalue weighted by atomic mass is 10.1. The van der Waals surface area contributed by atoms with E-state index in [4.69, 9.17) is 0 Å². The van der Waals surface area contributed by atoms with Crippen LogP contribution in [0.2, 0.25) is 0 Å². The molecule has 1 fully saturated rings. The van der Waals surface area contributed by atoms with Gasteiger partial charge < -0.3 is 25.3 Å². The summed E-state index contributed by atoms with van der Waals surface area (Å²) in [6.45, 7) is 3.77. The number of phenolic OH excluding ortho intramolecular Hbond substituents is 1. The first kappa shape index (κ1) is 18.1. The summed E-state index contributed by atoms with van der Waals surface area (Å²) in [4.78, 5) is 27.4. The summed E-state index contributed by atoms with van der Waals surface area (Å²) in [5.41, 5.74) is 0.536. The van der Waals surface area contributed by atoms with Crippen LogP contribution in [0.4, 0.5) is 4.79 Å². The van der Waals surface area contributed by atoms with Gasteiger partial charge in [-0.3, -0.25) is 4.79 Å². The summed E-state index contributed by atoms with van der Waals surface area (Å²) < 4.78 is 0. The Labute approximate surface area is 141 Å². The van der Waals surface area contributed by atoms with E-state index in [1.165, 1.54) is 17.0 Å². The second kappa shape index (κ2) is 8.54. The lowest BCUT2D eigenvalue weighted by Gasteiger charge is -2.25. The number of aromatic hydroxyl groups is 1. The molecule has 7 heteroatoms. The highest BCUT2D eigenvalue weighted by Crippen LogP contribution is 2.19. The van der Waals surface area contributed by atoms with E-state index in [-0.39, 0.29) is 30.8 Å². The molecule has 1 aromatic carbocycles. The Bertz CT molecular complexity index is 573. The minimum Gasteiger partial charge on any atom is -0.508 e. The van der Waals surface area contributed by atoms with Crippen LogP contribution in [0.5, 0.6) is 5.75 Å². The minimum absolute atomic E-state index is 0.0302. The first-order valence-corrected chi connectivity index (χ1v) is 8.28. The number of amides is 3. The molecule has 24 heavy (non-hydrogen) atoms. The highest BCUT2D eigenvalue weighted by Gasteiger charge is 2.21. The standard InChI is InChI=1S/C17H25N3O4/c1-2-19(12-15(22)13-6-5-7-14(21)10-13)17(24)18-11-16(23)20-8-3-4-9-20/h5-7,10,15,21-22H,2-4,8-9,11-12H2,1H3,(H,18,24)/t15-/m0/s1. The lowest BCUT2D eigenvalue weighted by molar-refractivity contribution is -0.129. The number of aliphatic hydroxyl groups is 1. The maximum atomic E-state index is 12.2. The van der Waals surface area contributed by atoms with E-state index in [1.54, 1.807) is 24.0 Å². The van der Waals surface area contributed by atoms with E-state index < -0.39 is 6.10 Å². The number of hydrogen-bond donors (Lipinski definition) is 3. The Morgan fingerprint density at radius 1 is 1.33 bits per heavy atom. The molecule has 7 nitrogen and oxygen atoms in total. The third-order valence-electron chi connectivity index (χ3n) is 4.17. The van der Waals surface area contributed by atoms with Crippen LogP contribution in [-0.4, -0.2) is 64.7 Å². The Morgan fingerprint density at radius 3 is 2.67 bits per heavy atom. The predicted octanol–water partition coefficient (Wildman–Crippen LogP) is 1.08. The van der Waals surface area contributed by atoms with Gasteiger partial charge in [0.05, 0.1) is 19.2 Å². The maximum absolute atomic E-state index is 12.2. The van der Waals surface area contributed by atoms with Gasteiger partial charge in [0.25, 0.3) is 0 Å². The number of carbonyl (C=O) groups is 2. The molecule has 1 aliphatic heterocycles. The van der Waals surface area contributed by atoms with Crippen LogP contribution in [0.15, 0.2) is 24.3 Å². The van der Waals surface area contributed by atoms with Crippen molar-refractivity contribution in [3.8, 4) is 5.75 Å². The van der Waals surface area contributed by atoms with Crippen LogP contribution >= 0.6 is 0 Å². The quantitative estimate of drug-likeness (QED) is 0.725. The van der Waals surface area contributed by atoms with E-state index in [9.17, 15) is 19.8 Å². The van der Waals surface area contributed by atoms with Crippen molar-refractivity contribution < 1.29 is 19.8 Å². The summed E-state index contributed by atoms with van der Waals surface area (Å²) in [5.74, 6) is -0.0132.